The van der Waals surface area contributed by atoms with Gasteiger partial charge in [0.1, 0.15) is 0 Å². The Balaban J connectivity index is 0.00000225. The molecule has 3 unspecified atom stereocenters. The standard InChI is InChI=1S/C19H27N3O2.ClH/c1-12-5-4-6-17(14(12)3)22-11-15(10-18(22)23)19(24)21-16-7-8-20-13(2)9-16;/h4-6,13,15-16,20H,7-11H2,1-3H3,(H,21,24);1H. The molecule has 0 aliphatic carbocycles. The van der Waals surface area contributed by atoms with E-state index in [1.807, 2.05) is 32.0 Å². The SMILES string of the molecule is Cc1cccc(N2CC(C(=O)NC3CCNC(C)C3)CC2=O)c1C.Cl. The van der Waals surface area contributed by atoms with E-state index in [1.54, 1.807) is 4.90 Å². The molecule has 2 fully saturated rings. The molecule has 2 aliphatic rings. The topological polar surface area (TPSA) is 61.4 Å². The zero-order valence-corrected chi connectivity index (χ0v) is 16.0. The Morgan fingerprint density at radius 3 is 2.80 bits per heavy atom. The third-order valence-electron chi connectivity index (χ3n) is 5.33. The highest BCUT2D eigenvalue weighted by molar-refractivity contribution is 6.01. The summed E-state index contributed by atoms with van der Waals surface area (Å²) in [4.78, 5) is 26.8. The van der Waals surface area contributed by atoms with Gasteiger partial charge in [-0.3, -0.25) is 9.59 Å². The van der Waals surface area contributed by atoms with Crippen LogP contribution in [0.25, 0.3) is 0 Å². The smallest absolute Gasteiger partial charge is 0.227 e. The van der Waals surface area contributed by atoms with Crippen LogP contribution >= 0.6 is 12.4 Å². The van der Waals surface area contributed by atoms with Crippen molar-refractivity contribution < 1.29 is 9.59 Å². The monoisotopic (exact) mass is 365 g/mol. The van der Waals surface area contributed by atoms with E-state index >= 15 is 0 Å². The van der Waals surface area contributed by atoms with E-state index in [-0.39, 0.29) is 36.2 Å². The lowest BCUT2D eigenvalue weighted by atomic mass is 9.99. The van der Waals surface area contributed by atoms with Crippen LogP contribution in [0.2, 0.25) is 0 Å². The summed E-state index contributed by atoms with van der Waals surface area (Å²) < 4.78 is 0. The van der Waals surface area contributed by atoms with Gasteiger partial charge in [-0.2, -0.15) is 0 Å². The van der Waals surface area contributed by atoms with Gasteiger partial charge in [0, 0.05) is 30.7 Å². The van der Waals surface area contributed by atoms with Gasteiger partial charge in [0.25, 0.3) is 0 Å². The van der Waals surface area contributed by atoms with Gasteiger partial charge >= 0.3 is 0 Å². The molecule has 2 aliphatic heterocycles. The Labute approximate surface area is 155 Å². The first-order valence-corrected chi connectivity index (χ1v) is 8.86. The van der Waals surface area contributed by atoms with E-state index in [0.29, 0.717) is 19.0 Å². The highest BCUT2D eigenvalue weighted by atomic mass is 35.5. The quantitative estimate of drug-likeness (QED) is 0.864. The van der Waals surface area contributed by atoms with Gasteiger partial charge in [-0.1, -0.05) is 12.1 Å². The molecule has 3 rings (SSSR count). The van der Waals surface area contributed by atoms with Crippen molar-refractivity contribution in [2.45, 2.75) is 52.1 Å². The fourth-order valence-electron chi connectivity index (χ4n) is 3.73. The Morgan fingerprint density at radius 2 is 2.08 bits per heavy atom. The van der Waals surface area contributed by atoms with Crippen LogP contribution in [-0.2, 0) is 9.59 Å². The minimum Gasteiger partial charge on any atom is -0.353 e. The van der Waals surface area contributed by atoms with E-state index in [2.05, 4.69) is 17.6 Å². The second kappa shape index (κ2) is 8.19. The van der Waals surface area contributed by atoms with Crippen molar-refractivity contribution in [1.82, 2.24) is 10.6 Å². The molecule has 0 spiro atoms. The molecule has 1 aromatic carbocycles. The molecule has 2 N–H and O–H groups in total. The predicted octanol–water partition coefficient (Wildman–Crippen LogP) is 2.33. The van der Waals surface area contributed by atoms with Crippen molar-refractivity contribution in [1.29, 1.82) is 0 Å². The number of hydrogen-bond acceptors (Lipinski definition) is 3. The zero-order valence-electron chi connectivity index (χ0n) is 15.2. The van der Waals surface area contributed by atoms with E-state index in [0.717, 1.165) is 36.2 Å². The molecule has 0 bridgehead atoms. The highest BCUT2D eigenvalue weighted by Crippen LogP contribution is 2.29. The van der Waals surface area contributed by atoms with Crippen LogP contribution < -0.4 is 15.5 Å². The number of aryl methyl sites for hydroxylation is 1. The van der Waals surface area contributed by atoms with Gasteiger partial charge in [0.05, 0.1) is 5.92 Å². The third-order valence-corrected chi connectivity index (χ3v) is 5.33. The van der Waals surface area contributed by atoms with Gasteiger partial charge in [-0.25, -0.2) is 0 Å². The summed E-state index contributed by atoms with van der Waals surface area (Å²) in [6.45, 7) is 7.63. The largest absolute Gasteiger partial charge is 0.353 e. The lowest BCUT2D eigenvalue weighted by Gasteiger charge is -2.29. The molecule has 2 amide bonds. The van der Waals surface area contributed by atoms with Gasteiger partial charge in [-0.05, 0) is 57.4 Å². The number of halogens is 1. The summed E-state index contributed by atoms with van der Waals surface area (Å²) in [6.07, 6.45) is 2.21. The first-order valence-electron chi connectivity index (χ1n) is 8.86. The van der Waals surface area contributed by atoms with Crippen molar-refractivity contribution in [2.24, 2.45) is 5.92 Å². The molecule has 138 valence electrons. The molecule has 0 aromatic heterocycles. The number of nitrogens with zero attached hydrogens (tertiary/aromatic N) is 1. The number of nitrogens with one attached hydrogen (secondary N) is 2. The third kappa shape index (κ3) is 4.33. The van der Waals surface area contributed by atoms with Crippen LogP contribution in [0.3, 0.4) is 0 Å². The maximum Gasteiger partial charge on any atom is 0.227 e. The summed E-state index contributed by atoms with van der Waals surface area (Å²) in [6, 6.07) is 6.63. The molecule has 5 nitrogen and oxygen atoms in total. The Morgan fingerprint density at radius 1 is 1.32 bits per heavy atom. The summed E-state index contributed by atoms with van der Waals surface area (Å²) in [5.74, 6) is -0.180. The fraction of sp³-hybridized carbons (Fsp3) is 0.579. The van der Waals surface area contributed by atoms with Crippen LogP contribution in [0.5, 0.6) is 0 Å². The van der Waals surface area contributed by atoms with Crippen molar-refractivity contribution in [2.75, 3.05) is 18.0 Å². The van der Waals surface area contributed by atoms with Crippen molar-refractivity contribution in [3.8, 4) is 0 Å². The lowest BCUT2D eigenvalue weighted by Crippen LogP contribution is -2.48. The van der Waals surface area contributed by atoms with Gasteiger partial charge in [-0.15, -0.1) is 12.4 Å². The molecular weight excluding hydrogens is 338 g/mol. The number of carbonyl (C=O) groups excluding carboxylic acids is 2. The molecule has 0 radical (unpaired) electrons. The summed E-state index contributed by atoms with van der Waals surface area (Å²) in [5, 5.41) is 6.54. The number of rotatable bonds is 3. The number of benzene rings is 1. The van der Waals surface area contributed by atoms with E-state index in [9.17, 15) is 9.59 Å². The molecule has 2 heterocycles. The number of carbonyl (C=O) groups is 2. The van der Waals surface area contributed by atoms with Crippen LogP contribution in [0.1, 0.15) is 37.3 Å². The lowest BCUT2D eigenvalue weighted by molar-refractivity contribution is -0.127. The Bertz CT molecular complexity index is 650. The molecule has 25 heavy (non-hydrogen) atoms. The van der Waals surface area contributed by atoms with Crippen LogP contribution in [0.15, 0.2) is 18.2 Å². The van der Waals surface area contributed by atoms with Crippen molar-refractivity contribution in [3.05, 3.63) is 29.3 Å². The maximum absolute atomic E-state index is 12.6. The number of piperidine rings is 1. The van der Waals surface area contributed by atoms with E-state index < -0.39 is 0 Å². The van der Waals surface area contributed by atoms with Crippen molar-refractivity contribution >= 4 is 29.9 Å². The van der Waals surface area contributed by atoms with Crippen LogP contribution in [0, 0.1) is 19.8 Å². The van der Waals surface area contributed by atoms with Crippen LogP contribution in [-0.4, -0.2) is 37.0 Å². The molecule has 1 aromatic rings. The highest BCUT2D eigenvalue weighted by Gasteiger charge is 2.36. The first-order chi connectivity index (χ1) is 11.5. The summed E-state index contributed by atoms with van der Waals surface area (Å²) in [7, 11) is 0. The minimum atomic E-state index is -0.248. The predicted molar refractivity (Wildman–Crippen MR) is 102 cm³/mol. The van der Waals surface area contributed by atoms with Gasteiger partial charge < -0.3 is 15.5 Å². The molecule has 6 heteroatoms. The molecular formula is C19H28ClN3O2. The normalized spacial score (nSPS) is 26.3. The Hall–Kier alpha value is -1.59. The summed E-state index contributed by atoms with van der Waals surface area (Å²) in [5.41, 5.74) is 3.21. The number of anilines is 1. The number of hydrogen-bond donors (Lipinski definition) is 2. The first kappa shape index (κ1) is 19.7. The van der Waals surface area contributed by atoms with E-state index in [4.69, 9.17) is 0 Å². The molecule has 2 saturated heterocycles. The van der Waals surface area contributed by atoms with Crippen LogP contribution in [0.4, 0.5) is 5.69 Å². The van der Waals surface area contributed by atoms with Gasteiger partial charge in [0.2, 0.25) is 11.8 Å². The molecule has 0 saturated carbocycles. The Kier molecular flexibility index (Phi) is 6.47. The number of amides is 2. The van der Waals surface area contributed by atoms with Gasteiger partial charge in [0.15, 0.2) is 0 Å². The second-order valence-corrected chi connectivity index (χ2v) is 7.21. The van der Waals surface area contributed by atoms with Crippen molar-refractivity contribution in [3.63, 3.8) is 0 Å². The molecule has 3 atom stereocenters. The maximum atomic E-state index is 12.6. The van der Waals surface area contributed by atoms with E-state index in [1.165, 1.54) is 0 Å². The fourth-order valence-corrected chi connectivity index (χ4v) is 3.73. The summed E-state index contributed by atoms with van der Waals surface area (Å²) >= 11 is 0. The average molecular weight is 366 g/mol. The second-order valence-electron chi connectivity index (χ2n) is 7.21. The average Bonchev–Trinajstić information content (AvgIpc) is 2.92. The zero-order chi connectivity index (χ0) is 17.3. The minimum absolute atomic E-state index is 0.